The molecule has 6 heteroatoms. The van der Waals surface area contributed by atoms with Gasteiger partial charge in [0.05, 0.1) is 11.7 Å². The van der Waals surface area contributed by atoms with Gasteiger partial charge in [-0.3, -0.25) is 0 Å². The average molecular weight is 283 g/mol. The number of halogens is 4. The number of aliphatic hydroxyl groups excluding tert-OH is 2. The molecule has 18 heavy (non-hydrogen) atoms. The predicted molar refractivity (Wildman–Crippen MR) is 62.5 cm³/mol. The van der Waals surface area contributed by atoms with Crippen molar-refractivity contribution >= 4 is 11.6 Å². The molecule has 0 spiro atoms. The van der Waals surface area contributed by atoms with Crippen LogP contribution in [0, 0.1) is 6.92 Å². The Hall–Kier alpha value is -0.780. The zero-order valence-corrected chi connectivity index (χ0v) is 10.5. The molecule has 102 valence electrons. The van der Waals surface area contributed by atoms with Crippen molar-refractivity contribution in [3.8, 4) is 0 Å². The number of hydrogen-bond acceptors (Lipinski definition) is 2. The van der Waals surface area contributed by atoms with Crippen LogP contribution in [-0.4, -0.2) is 22.2 Å². The normalized spacial score (nSPS) is 15.5. The van der Waals surface area contributed by atoms with Crippen LogP contribution >= 0.6 is 11.6 Å². The smallest absolute Gasteiger partial charge is 0.390 e. The molecule has 0 saturated heterocycles. The van der Waals surface area contributed by atoms with E-state index in [1.165, 1.54) is 13.0 Å². The zero-order chi connectivity index (χ0) is 13.9. The van der Waals surface area contributed by atoms with E-state index in [4.69, 9.17) is 11.6 Å². The maximum Gasteiger partial charge on any atom is 0.416 e. The maximum absolute atomic E-state index is 12.5. The van der Waals surface area contributed by atoms with Gasteiger partial charge in [0.25, 0.3) is 0 Å². The molecule has 0 aromatic heterocycles. The quantitative estimate of drug-likeness (QED) is 0.834. The predicted octanol–water partition coefficient (Wildman–Crippen LogP) is 3.04. The highest BCUT2D eigenvalue weighted by atomic mass is 35.5. The molecule has 2 N–H and O–H groups in total. The standard InChI is InChI=1S/C12H14ClF3O2/c1-7-6-8(12(14,15)16)2-3-9(7)11(18)10(17)4-5-13/h2-3,6,10-11,17-18H,4-5H2,1H3. The van der Waals surface area contributed by atoms with Gasteiger partial charge in [-0.2, -0.15) is 13.2 Å². The molecule has 1 rings (SSSR count). The van der Waals surface area contributed by atoms with Crippen molar-refractivity contribution in [3.05, 3.63) is 34.9 Å². The molecular weight excluding hydrogens is 269 g/mol. The summed E-state index contributed by atoms with van der Waals surface area (Å²) in [4.78, 5) is 0. The molecule has 0 fully saturated rings. The Bertz CT molecular complexity index is 407. The van der Waals surface area contributed by atoms with Crippen LogP contribution in [0.25, 0.3) is 0 Å². The Morgan fingerprint density at radius 1 is 1.28 bits per heavy atom. The van der Waals surface area contributed by atoms with Gasteiger partial charge in [0.15, 0.2) is 0 Å². The van der Waals surface area contributed by atoms with Crippen molar-refractivity contribution in [2.45, 2.75) is 31.7 Å². The molecule has 1 aromatic carbocycles. The molecule has 0 radical (unpaired) electrons. The molecule has 0 aliphatic rings. The lowest BCUT2D eigenvalue weighted by Crippen LogP contribution is -2.20. The third-order valence-electron chi connectivity index (χ3n) is 2.69. The molecule has 0 heterocycles. The monoisotopic (exact) mass is 282 g/mol. The van der Waals surface area contributed by atoms with E-state index in [1.54, 1.807) is 0 Å². The molecular formula is C12H14ClF3O2. The summed E-state index contributed by atoms with van der Waals surface area (Å²) in [7, 11) is 0. The van der Waals surface area contributed by atoms with E-state index in [9.17, 15) is 23.4 Å². The Labute approximate surface area is 108 Å². The van der Waals surface area contributed by atoms with Crippen molar-refractivity contribution in [2.24, 2.45) is 0 Å². The summed E-state index contributed by atoms with van der Waals surface area (Å²) in [5.74, 6) is 0.165. The average Bonchev–Trinajstić information content (AvgIpc) is 2.27. The summed E-state index contributed by atoms with van der Waals surface area (Å²) in [5.41, 5.74) is -0.214. The van der Waals surface area contributed by atoms with Crippen LogP contribution in [0.4, 0.5) is 13.2 Å². The summed E-state index contributed by atoms with van der Waals surface area (Å²) < 4.78 is 37.4. The number of benzene rings is 1. The lowest BCUT2D eigenvalue weighted by molar-refractivity contribution is -0.137. The van der Waals surface area contributed by atoms with Gasteiger partial charge < -0.3 is 10.2 Å². The summed E-state index contributed by atoms with van der Waals surface area (Å²) in [6.45, 7) is 1.46. The Morgan fingerprint density at radius 2 is 1.89 bits per heavy atom. The molecule has 2 atom stereocenters. The second kappa shape index (κ2) is 5.91. The Kier molecular flexibility index (Phi) is 5.01. The third kappa shape index (κ3) is 3.60. The summed E-state index contributed by atoms with van der Waals surface area (Å²) in [5, 5.41) is 19.4. The number of rotatable bonds is 4. The van der Waals surface area contributed by atoms with E-state index in [1.807, 2.05) is 0 Å². The minimum atomic E-state index is -4.41. The van der Waals surface area contributed by atoms with Gasteiger partial charge in [0.2, 0.25) is 0 Å². The fourth-order valence-corrected chi connectivity index (χ4v) is 1.88. The Morgan fingerprint density at radius 3 is 2.33 bits per heavy atom. The number of aliphatic hydroxyl groups is 2. The number of alkyl halides is 4. The van der Waals surface area contributed by atoms with Crippen LogP contribution in [0.15, 0.2) is 18.2 Å². The van der Waals surface area contributed by atoms with Gasteiger partial charge in [0, 0.05) is 5.88 Å². The van der Waals surface area contributed by atoms with Crippen molar-refractivity contribution in [2.75, 3.05) is 5.88 Å². The van der Waals surface area contributed by atoms with Gasteiger partial charge >= 0.3 is 6.18 Å². The van der Waals surface area contributed by atoms with Crippen LogP contribution < -0.4 is 0 Å². The van der Waals surface area contributed by atoms with Crippen molar-refractivity contribution in [1.82, 2.24) is 0 Å². The van der Waals surface area contributed by atoms with Crippen LogP contribution in [-0.2, 0) is 6.18 Å². The van der Waals surface area contributed by atoms with E-state index in [2.05, 4.69) is 0 Å². The zero-order valence-electron chi connectivity index (χ0n) is 9.71. The molecule has 2 nitrogen and oxygen atoms in total. The van der Waals surface area contributed by atoms with Crippen LogP contribution in [0.3, 0.4) is 0 Å². The van der Waals surface area contributed by atoms with Gasteiger partial charge in [-0.05, 0) is 36.6 Å². The molecule has 1 aromatic rings. The highest BCUT2D eigenvalue weighted by molar-refractivity contribution is 6.17. The molecule has 0 amide bonds. The molecule has 0 saturated carbocycles. The third-order valence-corrected chi connectivity index (χ3v) is 2.90. The van der Waals surface area contributed by atoms with Gasteiger partial charge in [-0.15, -0.1) is 11.6 Å². The van der Waals surface area contributed by atoms with Gasteiger partial charge in [0.1, 0.15) is 6.10 Å². The van der Waals surface area contributed by atoms with Gasteiger partial charge in [-0.25, -0.2) is 0 Å². The molecule has 0 bridgehead atoms. The second-order valence-corrected chi connectivity index (χ2v) is 4.44. The highest BCUT2D eigenvalue weighted by Gasteiger charge is 2.31. The first-order chi connectivity index (χ1) is 8.27. The number of aryl methyl sites for hydroxylation is 1. The van der Waals surface area contributed by atoms with Crippen molar-refractivity contribution in [3.63, 3.8) is 0 Å². The number of hydrogen-bond donors (Lipinski definition) is 2. The first-order valence-electron chi connectivity index (χ1n) is 5.37. The maximum atomic E-state index is 12.5. The summed E-state index contributed by atoms with van der Waals surface area (Å²) in [6.07, 6.45) is -6.56. The fourth-order valence-electron chi connectivity index (χ4n) is 1.66. The van der Waals surface area contributed by atoms with Crippen molar-refractivity contribution in [1.29, 1.82) is 0 Å². The minimum Gasteiger partial charge on any atom is -0.390 e. The van der Waals surface area contributed by atoms with Crippen molar-refractivity contribution < 1.29 is 23.4 Å². The second-order valence-electron chi connectivity index (χ2n) is 4.06. The Balaban J connectivity index is 2.99. The van der Waals surface area contributed by atoms with Gasteiger partial charge in [-0.1, -0.05) is 6.07 Å². The largest absolute Gasteiger partial charge is 0.416 e. The van der Waals surface area contributed by atoms with Crippen LogP contribution in [0.2, 0.25) is 0 Å². The lowest BCUT2D eigenvalue weighted by atomic mass is 9.96. The first-order valence-corrected chi connectivity index (χ1v) is 5.90. The topological polar surface area (TPSA) is 40.5 Å². The van der Waals surface area contributed by atoms with E-state index in [0.717, 1.165) is 12.1 Å². The van der Waals surface area contributed by atoms with Crippen LogP contribution in [0.5, 0.6) is 0 Å². The van der Waals surface area contributed by atoms with E-state index in [-0.39, 0.29) is 23.4 Å². The minimum absolute atomic E-state index is 0.165. The molecule has 2 unspecified atom stereocenters. The molecule has 0 aliphatic heterocycles. The van der Waals surface area contributed by atoms with Crippen LogP contribution in [0.1, 0.15) is 29.2 Å². The summed E-state index contributed by atoms with van der Waals surface area (Å²) in [6, 6.07) is 3.02. The fraction of sp³-hybridized carbons (Fsp3) is 0.500. The molecule has 0 aliphatic carbocycles. The summed E-state index contributed by atoms with van der Waals surface area (Å²) >= 11 is 5.43. The lowest BCUT2D eigenvalue weighted by Gasteiger charge is -2.20. The van der Waals surface area contributed by atoms with E-state index >= 15 is 0 Å². The van der Waals surface area contributed by atoms with E-state index in [0.29, 0.717) is 0 Å². The van der Waals surface area contributed by atoms with E-state index < -0.39 is 23.9 Å². The first kappa shape index (κ1) is 15.3. The SMILES string of the molecule is Cc1cc(C(F)(F)F)ccc1C(O)C(O)CCCl. The highest BCUT2D eigenvalue weighted by Crippen LogP contribution is 2.32.